The third-order valence-electron chi connectivity index (χ3n) is 4.99. The van der Waals surface area contributed by atoms with Gasteiger partial charge < -0.3 is 24.6 Å². The Bertz CT molecular complexity index is 642. The average molecular weight is 365 g/mol. The predicted molar refractivity (Wildman–Crippen MR) is 95.4 cm³/mol. The number of carbonyl (C=O) groups excluding carboxylic acids is 1. The van der Waals surface area contributed by atoms with Crippen molar-refractivity contribution in [2.24, 2.45) is 5.41 Å². The largest absolute Gasteiger partial charge is 0.494 e. The molecule has 7 heteroatoms. The first kappa shape index (κ1) is 20.0. The van der Waals surface area contributed by atoms with Crippen LogP contribution in [0, 0.1) is 5.41 Å². The summed E-state index contributed by atoms with van der Waals surface area (Å²) in [6, 6.07) is 6.89. The van der Waals surface area contributed by atoms with Crippen LogP contribution in [0.15, 0.2) is 24.3 Å². The van der Waals surface area contributed by atoms with Crippen LogP contribution in [-0.2, 0) is 14.3 Å². The molecule has 1 fully saturated rings. The number of ether oxygens (including phenoxy) is 3. The molecule has 2 unspecified atom stereocenters. The number of hydrogen-bond donors (Lipinski definition) is 2. The molecule has 2 N–H and O–H groups in total. The van der Waals surface area contributed by atoms with Crippen LogP contribution >= 0.6 is 0 Å². The normalized spacial score (nSPS) is 23.6. The van der Waals surface area contributed by atoms with Crippen LogP contribution in [0.25, 0.3) is 0 Å². The second kappa shape index (κ2) is 7.95. The molecule has 0 aromatic heterocycles. The molecule has 0 saturated heterocycles. The molecule has 0 aliphatic heterocycles. The summed E-state index contributed by atoms with van der Waals surface area (Å²) < 4.78 is 16.4. The minimum atomic E-state index is -1.36. The molecule has 26 heavy (non-hydrogen) atoms. The highest BCUT2D eigenvalue weighted by Crippen LogP contribution is 2.51. The Hall–Kier alpha value is -2.28. The molecule has 2 rings (SSSR count). The fourth-order valence-corrected chi connectivity index (χ4v) is 3.26. The Morgan fingerprint density at radius 2 is 1.69 bits per heavy atom. The first-order valence-corrected chi connectivity index (χ1v) is 8.78. The number of rotatable bonds is 9. The summed E-state index contributed by atoms with van der Waals surface area (Å²) in [5, 5.41) is 12.3. The van der Waals surface area contributed by atoms with Gasteiger partial charge in [-0.2, -0.15) is 0 Å². The van der Waals surface area contributed by atoms with E-state index in [0.29, 0.717) is 24.7 Å². The van der Waals surface area contributed by atoms with Crippen molar-refractivity contribution in [3.63, 3.8) is 0 Å². The van der Waals surface area contributed by atoms with Gasteiger partial charge in [-0.1, -0.05) is 13.8 Å². The molecule has 1 aromatic rings. The molecule has 0 radical (unpaired) electrons. The Kier molecular flexibility index (Phi) is 6.13. The van der Waals surface area contributed by atoms with E-state index in [-0.39, 0.29) is 19.1 Å². The number of carboxylic acids is 1. The maximum Gasteiger partial charge on any atom is 0.330 e. The van der Waals surface area contributed by atoms with Crippen molar-refractivity contribution in [3.05, 3.63) is 24.3 Å². The van der Waals surface area contributed by atoms with Gasteiger partial charge in [-0.15, -0.1) is 0 Å². The van der Waals surface area contributed by atoms with E-state index < -0.39 is 22.8 Å². The van der Waals surface area contributed by atoms with E-state index in [9.17, 15) is 14.7 Å². The van der Waals surface area contributed by atoms with Crippen LogP contribution in [0.2, 0.25) is 0 Å². The molecule has 144 valence electrons. The minimum absolute atomic E-state index is 0.212. The van der Waals surface area contributed by atoms with E-state index in [0.717, 1.165) is 0 Å². The number of carbonyl (C=O) groups is 2. The van der Waals surface area contributed by atoms with Crippen LogP contribution in [0.4, 0.5) is 0 Å². The van der Waals surface area contributed by atoms with E-state index in [2.05, 4.69) is 5.32 Å². The quantitative estimate of drug-likeness (QED) is 0.697. The van der Waals surface area contributed by atoms with Crippen LogP contribution in [-0.4, -0.2) is 48.4 Å². The van der Waals surface area contributed by atoms with Gasteiger partial charge in [0.05, 0.1) is 12.7 Å². The fraction of sp³-hybridized carbons (Fsp3) is 0.579. The van der Waals surface area contributed by atoms with Gasteiger partial charge in [-0.05, 0) is 38.1 Å². The third-order valence-corrected chi connectivity index (χ3v) is 4.99. The summed E-state index contributed by atoms with van der Waals surface area (Å²) in [4.78, 5) is 24.1. The Labute approximate surface area is 153 Å². The number of aliphatic carboxylic acids is 1. The van der Waals surface area contributed by atoms with Gasteiger partial charge in [0.1, 0.15) is 17.0 Å². The molecule has 1 aromatic carbocycles. The zero-order valence-corrected chi connectivity index (χ0v) is 15.7. The van der Waals surface area contributed by atoms with Crippen molar-refractivity contribution in [2.75, 3.05) is 19.8 Å². The predicted octanol–water partition coefficient (Wildman–Crippen LogP) is 2.24. The zero-order chi connectivity index (χ0) is 19.4. The number of carboxylic acid groups (broad SMARTS) is 1. The molecule has 7 nitrogen and oxygen atoms in total. The lowest BCUT2D eigenvalue weighted by molar-refractivity contribution is -0.194. The molecule has 1 aliphatic carbocycles. The Morgan fingerprint density at radius 1 is 1.12 bits per heavy atom. The summed E-state index contributed by atoms with van der Waals surface area (Å²) in [6.07, 6.45) is 0.0220. The first-order valence-electron chi connectivity index (χ1n) is 8.78. The smallest absolute Gasteiger partial charge is 0.330 e. The molecule has 2 atom stereocenters. The van der Waals surface area contributed by atoms with Gasteiger partial charge in [-0.25, -0.2) is 4.79 Å². The highest BCUT2D eigenvalue weighted by atomic mass is 16.5. The van der Waals surface area contributed by atoms with Crippen LogP contribution < -0.4 is 14.8 Å². The lowest BCUT2D eigenvalue weighted by Crippen LogP contribution is -2.76. The van der Waals surface area contributed by atoms with Crippen LogP contribution in [0.5, 0.6) is 11.5 Å². The number of benzene rings is 1. The summed E-state index contributed by atoms with van der Waals surface area (Å²) >= 11 is 0. The van der Waals surface area contributed by atoms with Crippen LogP contribution in [0.3, 0.4) is 0 Å². The second-order valence-electron chi connectivity index (χ2n) is 6.82. The summed E-state index contributed by atoms with van der Waals surface area (Å²) in [5.41, 5.74) is -2.07. The minimum Gasteiger partial charge on any atom is -0.494 e. The van der Waals surface area contributed by atoms with Crippen molar-refractivity contribution < 1.29 is 28.9 Å². The van der Waals surface area contributed by atoms with Crippen molar-refractivity contribution in [1.29, 1.82) is 0 Å². The van der Waals surface area contributed by atoms with Gasteiger partial charge in [0.25, 0.3) is 5.91 Å². The van der Waals surface area contributed by atoms with E-state index in [1.165, 1.54) is 0 Å². The van der Waals surface area contributed by atoms with Gasteiger partial charge in [-0.3, -0.25) is 4.79 Å². The van der Waals surface area contributed by atoms with Crippen molar-refractivity contribution in [3.8, 4) is 11.5 Å². The average Bonchev–Trinajstić information content (AvgIpc) is 2.60. The highest BCUT2D eigenvalue weighted by Gasteiger charge is 2.66. The lowest BCUT2D eigenvalue weighted by atomic mass is 9.54. The molecule has 1 aliphatic rings. The van der Waals surface area contributed by atoms with E-state index >= 15 is 0 Å². The summed E-state index contributed by atoms with van der Waals surface area (Å²) in [7, 11) is 0. The SMILES string of the molecule is CCOc1ccc(OCC(=O)NC2(C(=O)O)CC(OCC)C2(C)C)cc1. The van der Waals surface area contributed by atoms with Crippen molar-refractivity contribution in [1.82, 2.24) is 5.32 Å². The van der Waals surface area contributed by atoms with E-state index in [1.807, 2.05) is 13.8 Å². The molecule has 0 bridgehead atoms. The first-order chi connectivity index (χ1) is 12.3. The number of hydrogen-bond acceptors (Lipinski definition) is 5. The zero-order valence-electron chi connectivity index (χ0n) is 15.7. The number of nitrogens with one attached hydrogen (secondary N) is 1. The second-order valence-corrected chi connectivity index (χ2v) is 6.82. The monoisotopic (exact) mass is 365 g/mol. The molecule has 1 amide bonds. The number of amides is 1. The standard InChI is InChI=1S/C19H27NO6/c1-5-24-13-7-9-14(10-8-13)26-12-16(21)20-19(17(22)23)11-15(25-6-2)18(19,3)4/h7-10,15H,5-6,11-12H2,1-4H3,(H,20,21)(H,22,23). The lowest BCUT2D eigenvalue weighted by Gasteiger charge is -2.58. The summed E-state index contributed by atoms with van der Waals surface area (Å²) in [5.74, 6) is -0.322. The maximum absolute atomic E-state index is 12.3. The summed E-state index contributed by atoms with van der Waals surface area (Å²) in [6.45, 7) is 8.14. The van der Waals surface area contributed by atoms with Gasteiger partial charge >= 0.3 is 5.97 Å². The molecule has 1 saturated carbocycles. The Morgan fingerprint density at radius 3 is 2.15 bits per heavy atom. The third kappa shape index (κ3) is 3.77. The Balaban J connectivity index is 1.96. The van der Waals surface area contributed by atoms with Crippen molar-refractivity contribution in [2.45, 2.75) is 45.8 Å². The molecule has 0 spiro atoms. The van der Waals surface area contributed by atoms with E-state index in [1.54, 1.807) is 38.1 Å². The fourth-order valence-electron chi connectivity index (χ4n) is 3.26. The van der Waals surface area contributed by atoms with Crippen molar-refractivity contribution >= 4 is 11.9 Å². The molecule has 0 heterocycles. The molecular formula is C19H27NO6. The van der Waals surface area contributed by atoms with E-state index in [4.69, 9.17) is 14.2 Å². The van der Waals surface area contributed by atoms with Crippen LogP contribution in [0.1, 0.15) is 34.1 Å². The van der Waals surface area contributed by atoms with Gasteiger partial charge in [0, 0.05) is 18.4 Å². The topological polar surface area (TPSA) is 94.1 Å². The highest BCUT2D eigenvalue weighted by molar-refractivity contribution is 5.90. The molecular weight excluding hydrogens is 338 g/mol. The van der Waals surface area contributed by atoms with Gasteiger partial charge in [0.2, 0.25) is 0 Å². The maximum atomic E-state index is 12.3. The van der Waals surface area contributed by atoms with Gasteiger partial charge in [0.15, 0.2) is 6.61 Å².